The van der Waals surface area contributed by atoms with Crippen LogP contribution in [0.4, 0.5) is 18.9 Å². The molecule has 1 aliphatic rings. The number of hydrogen-bond donors (Lipinski definition) is 2. The zero-order valence-electron chi connectivity index (χ0n) is 12.4. The fourth-order valence-corrected chi connectivity index (χ4v) is 3.19. The zero-order chi connectivity index (χ0) is 16.6. The van der Waals surface area contributed by atoms with Crippen LogP contribution in [0.1, 0.15) is 24.8 Å². The number of nitrogens with one attached hydrogen (secondary N) is 1. The van der Waals surface area contributed by atoms with Crippen molar-refractivity contribution in [2.45, 2.75) is 31.5 Å². The first-order valence-corrected chi connectivity index (χ1v) is 7.52. The number of aromatic nitrogens is 1. The Kier molecular flexibility index (Phi) is 4.06. The Balaban J connectivity index is 2.14. The summed E-state index contributed by atoms with van der Waals surface area (Å²) in [7, 11) is 0. The molecule has 1 atom stereocenters. The highest BCUT2D eigenvalue weighted by atomic mass is 19.4. The third-order valence-electron chi connectivity index (χ3n) is 4.30. The molecule has 23 heavy (non-hydrogen) atoms. The van der Waals surface area contributed by atoms with Crippen LogP contribution in [0.2, 0.25) is 0 Å². The molecule has 0 aliphatic carbocycles. The van der Waals surface area contributed by atoms with Crippen molar-refractivity contribution in [3.63, 3.8) is 0 Å². The summed E-state index contributed by atoms with van der Waals surface area (Å²) >= 11 is 0. The highest BCUT2D eigenvalue weighted by Gasteiger charge is 2.33. The van der Waals surface area contributed by atoms with Gasteiger partial charge in [-0.3, -0.25) is 4.79 Å². The standard InChI is InChI=1S/C16H17F3N2O2/c17-16(18,19)13-8-15(23)20-14-5-4-10(7-12(13)14)21-6-2-1-3-11(21)9-22/h4-5,7-8,11,22H,1-3,6,9H2,(H,20,23). The van der Waals surface area contributed by atoms with Crippen molar-refractivity contribution >= 4 is 16.6 Å². The van der Waals surface area contributed by atoms with Crippen LogP contribution >= 0.6 is 0 Å². The summed E-state index contributed by atoms with van der Waals surface area (Å²) < 4.78 is 39.6. The third kappa shape index (κ3) is 3.06. The summed E-state index contributed by atoms with van der Waals surface area (Å²) in [5, 5.41) is 9.46. The van der Waals surface area contributed by atoms with Crippen LogP contribution in [-0.4, -0.2) is 29.3 Å². The van der Waals surface area contributed by atoms with E-state index in [1.807, 2.05) is 4.90 Å². The molecule has 1 saturated heterocycles. The predicted octanol–water partition coefficient (Wildman–Crippen LogP) is 2.90. The summed E-state index contributed by atoms with van der Waals surface area (Å²) in [4.78, 5) is 15.8. The Morgan fingerprint density at radius 3 is 2.74 bits per heavy atom. The summed E-state index contributed by atoms with van der Waals surface area (Å²) in [6.45, 7) is 0.664. The van der Waals surface area contributed by atoms with Gasteiger partial charge < -0.3 is 15.0 Å². The van der Waals surface area contributed by atoms with E-state index < -0.39 is 17.3 Å². The van der Waals surface area contributed by atoms with Crippen molar-refractivity contribution < 1.29 is 18.3 Å². The van der Waals surface area contributed by atoms with E-state index in [9.17, 15) is 23.1 Å². The van der Waals surface area contributed by atoms with Gasteiger partial charge in [-0.1, -0.05) is 0 Å². The van der Waals surface area contributed by atoms with Gasteiger partial charge in [0.05, 0.1) is 18.2 Å². The van der Waals surface area contributed by atoms with Crippen molar-refractivity contribution in [2.75, 3.05) is 18.1 Å². The molecule has 0 saturated carbocycles. The minimum absolute atomic E-state index is 0.0307. The Morgan fingerprint density at radius 2 is 2.04 bits per heavy atom. The number of piperidine rings is 1. The maximum atomic E-state index is 13.2. The Labute approximate surface area is 130 Å². The lowest BCUT2D eigenvalue weighted by Gasteiger charge is -2.36. The molecule has 4 nitrogen and oxygen atoms in total. The molecule has 1 aromatic carbocycles. The van der Waals surface area contributed by atoms with Crippen LogP contribution < -0.4 is 10.5 Å². The van der Waals surface area contributed by atoms with Crippen molar-refractivity contribution in [3.05, 3.63) is 40.2 Å². The number of alkyl halides is 3. The number of pyridine rings is 1. The lowest BCUT2D eigenvalue weighted by Crippen LogP contribution is -2.41. The second-order valence-corrected chi connectivity index (χ2v) is 5.80. The minimum atomic E-state index is -4.59. The summed E-state index contributed by atoms with van der Waals surface area (Å²) in [5.74, 6) is 0. The van der Waals surface area contributed by atoms with Gasteiger partial charge >= 0.3 is 6.18 Å². The zero-order valence-corrected chi connectivity index (χ0v) is 12.4. The van der Waals surface area contributed by atoms with Gasteiger partial charge in [0.15, 0.2) is 0 Å². The normalized spacial score (nSPS) is 19.3. The molecule has 2 N–H and O–H groups in total. The third-order valence-corrected chi connectivity index (χ3v) is 4.30. The number of H-pyrrole nitrogens is 1. The molecule has 2 aromatic rings. The second kappa shape index (κ2) is 5.88. The lowest BCUT2D eigenvalue weighted by molar-refractivity contribution is -0.136. The summed E-state index contributed by atoms with van der Waals surface area (Å²) in [5.41, 5.74) is -0.917. The largest absolute Gasteiger partial charge is 0.417 e. The van der Waals surface area contributed by atoms with Gasteiger partial charge in [-0.15, -0.1) is 0 Å². The first kappa shape index (κ1) is 15.9. The van der Waals surface area contributed by atoms with Crippen molar-refractivity contribution in [1.82, 2.24) is 4.98 Å². The monoisotopic (exact) mass is 326 g/mol. The van der Waals surface area contributed by atoms with Crippen LogP contribution in [0.25, 0.3) is 10.9 Å². The number of hydrogen-bond acceptors (Lipinski definition) is 3. The van der Waals surface area contributed by atoms with Crippen LogP contribution in [0.15, 0.2) is 29.1 Å². The highest BCUT2D eigenvalue weighted by Crippen LogP contribution is 2.35. The molecular weight excluding hydrogens is 309 g/mol. The molecule has 124 valence electrons. The Hall–Kier alpha value is -2.02. The maximum absolute atomic E-state index is 13.2. The molecule has 1 aliphatic heterocycles. The van der Waals surface area contributed by atoms with Crippen LogP contribution in [0, 0.1) is 0 Å². The van der Waals surface area contributed by atoms with Crippen molar-refractivity contribution in [3.8, 4) is 0 Å². The van der Waals surface area contributed by atoms with Crippen molar-refractivity contribution in [1.29, 1.82) is 0 Å². The number of aromatic amines is 1. The molecule has 2 heterocycles. The minimum Gasteiger partial charge on any atom is -0.394 e. The predicted molar refractivity (Wildman–Crippen MR) is 81.6 cm³/mol. The van der Waals surface area contributed by atoms with E-state index in [4.69, 9.17) is 0 Å². The van der Waals surface area contributed by atoms with Crippen LogP contribution in [0.5, 0.6) is 0 Å². The van der Waals surface area contributed by atoms with Gasteiger partial charge in [-0.2, -0.15) is 13.2 Å². The smallest absolute Gasteiger partial charge is 0.394 e. The molecule has 1 fully saturated rings. The average molecular weight is 326 g/mol. The Bertz CT molecular complexity index is 770. The Morgan fingerprint density at radius 1 is 1.26 bits per heavy atom. The van der Waals surface area contributed by atoms with Gasteiger partial charge in [0.2, 0.25) is 5.56 Å². The molecule has 1 unspecified atom stereocenters. The topological polar surface area (TPSA) is 56.3 Å². The fourth-order valence-electron chi connectivity index (χ4n) is 3.19. The lowest BCUT2D eigenvalue weighted by atomic mass is 10.0. The van der Waals surface area contributed by atoms with Gasteiger partial charge in [-0.05, 0) is 37.5 Å². The van der Waals surface area contributed by atoms with Crippen molar-refractivity contribution in [2.24, 2.45) is 0 Å². The fraction of sp³-hybridized carbons (Fsp3) is 0.438. The number of halogens is 3. The number of nitrogens with zero attached hydrogens (tertiary/aromatic N) is 1. The van der Waals surface area contributed by atoms with Gasteiger partial charge in [0.1, 0.15) is 0 Å². The van der Waals surface area contributed by atoms with Crippen LogP contribution in [0.3, 0.4) is 0 Å². The SMILES string of the molecule is O=c1cc(C(F)(F)F)c2cc(N3CCCCC3CO)ccc2[nH]1. The highest BCUT2D eigenvalue weighted by molar-refractivity contribution is 5.86. The van der Waals surface area contributed by atoms with E-state index in [0.29, 0.717) is 18.3 Å². The van der Waals surface area contributed by atoms with Gasteiger partial charge in [0.25, 0.3) is 0 Å². The molecule has 0 amide bonds. The molecule has 3 rings (SSSR count). The number of aliphatic hydroxyl groups excluding tert-OH is 1. The van der Waals surface area contributed by atoms with Gasteiger partial charge in [0, 0.05) is 29.2 Å². The molecule has 0 spiro atoms. The quantitative estimate of drug-likeness (QED) is 0.892. The van der Waals surface area contributed by atoms with Gasteiger partial charge in [-0.25, -0.2) is 0 Å². The molecule has 0 bridgehead atoms. The average Bonchev–Trinajstić information content (AvgIpc) is 2.52. The summed E-state index contributed by atoms with van der Waals surface area (Å²) in [6.07, 6.45) is -1.85. The molecule has 1 aromatic heterocycles. The molecule has 0 radical (unpaired) electrons. The first-order chi connectivity index (χ1) is 10.9. The molecular formula is C16H17F3N2O2. The first-order valence-electron chi connectivity index (χ1n) is 7.52. The van der Waals surface area contributed by atoms with E-state index in [1.165, 1.54) is 12.1 Å². The number of anilines is 1. The van der Waals surface area contributed by atoms with E-state index in [1.54, 1.807) is 6.07 Å². The number of benzene rings is 1. The number of rotatable bonds is 2. The molecule has 7 heteroatoms. The number of aliphatic hydroxyl groups is 1. The maximum Gasteiger partial charge on any atom is 0.417 e. The second-order valence-electron chi connectivity index (χ2n) is 5.80. The number of fused-ring (bicyclic) bond motifs is 1. The summed E-state index contributed by atoms with van der Waals surface area (Å²) in [6, 6.07) is 5.13. The van der Waals surface area contributed by atoms with Crippen LogP contribution in [-0.2, 0) is 6.18 Å². The van der Waals surface area contributed by atoms with E-state index >= 15 is 0 Å². The van der Waals surface area contributed by atoms with E-state index in [0.717, 1.165) is 19.3 Å². The van der Waals surface area contributed by atoms with E-state index in [-0.39, 0.29) is 23.6 Å². The van der Waals surface area contributed by atoms with E-state index in [2.05, 4.69) is 4.98 Å².